The van der Waals surface area contributed by atoms with Gasteiger partial charge < -0.3 is 14.7 Å². The molecule has 0 fully saturated rings. The molecular formula is C27H31F3N6O8S. The maximum atomic E-state index is 13.5. The number of hydrogen-bond donors (Lipinski definition) is 1. The summed E-state index contributed by atoms with van der Waals surface area (Å²) in [6.07, 6.45) is -6.87. The zero-order chi connectivity index (χ0) is 33.4. The number of carbonyl (C=O) groups is 2. The van der Waals surface area contributed by atoms with E-state index in [4.69, 9.17) is 14.3 Å². The van der Waals surface area contributed by atoms with Crippen molar-refractivity contribution in [2.24, 2.45) is 5.28 Å². The third kappa shape index (κ3) is 9.82. The van der Waals surface area contributed by atoms with Gasteiger partial charge in [0, 0.05) is 25.3 Å². The average molecular weight is 657 g/mol. The summed E-state index contributed by atoms with van der Waals surface area (Å²) >= 11 is 0. The molecule has 1 N–H and O–H groups in total. The summed E-state index contributed by atoms with van der Waals surface area (Å²) in [5, 5.41) is 19.9. The van der Waals surface area contributed by atoms with Crippen molar-refractivity contribution in [1.82, 2.24) is 19.5 Å². The maximum Gasteiger partial charge on any atom is 0.435 e. The zero-order valence-electron chi connectivity index (χ0n) is 24.6. The van der Waals surface area contributed by atoms with Gasteiger partial charge in [-0.1, -0.05) is 36.8 Å². The van der Waals surface area contributed by atoms with Crippen LogP contribution in [0.15, 0.2) is 64.8 Å². The molecule has 0 saturated heterocycles. The smallest absolute Gasteiger partial charge is 0.435 e. The quantitative estimate of drug-likeness (QED) is 0.0679. The second-order valence-corrected chi connectivity index (χ2v) is 11.2. The minimum Gasteiger partial charge on any atom is -0.569 e. The highest BCUT2D eigenvalue weighted by Crippen LogP contribution is 2.33. The van der Waals surface area contributed by atoms with Crippen molar-refractivity contribution in [3.8, 4) is 16.9 Å². The van der Waals surface area contributed by atoms with Crippen molar-refractivity contribution < 1.29 is 50.5 Å². The Labute approximate surface area is 256 Å². The highest BCUT2D eigenvalue weighted by atomic mass is 32.2. The number of hydrogen-bond acceptors (Lipinski definition) is 10. The van der Waals surface area contributed by atoms with Crippen LogP contribution in [0, 0.1) is 12.1 Å². The number of amides is 1. The molecule has 18 heteroatoms. The van der Waals surface area contributed by atoms with Gasteiger partial charge in [-0.2, -0.15) is 18.3 Å². The highest BCUT2D eigenvalue weighted by Gasteiger charge is 2.35. The van der Waals surface area contributed by atoms with E-state index in [1.807, 2.05) is 6.92 Å². The van der Waals surface area contributed by atoms with Crippen LogP contribution in [0.25, 0.3) is 16.9 Å². The summed E-state index contributed by atoms with van der Waals surface area (Å²) in [4.78, 5) is 27.8. The molecule has 1 unspecified atom stereocenters. The van der Waals surface area contributed by atoms with E-state index in [-0.39, 0.29) is 47.2 Å². The van der Waals surface area contributed by atoms with Crippen LogP contribution < -0.4 is 4.72 Å². The molecule has 1 heterocycles. The van der Waals surface area contributed by atoms with Crippen LogP contribution in [0.3, 0.4) is 0 Å². The van der Waals surface area contributed by atoms with E-state index in [1.165, 1.54) is 26.1 Å². The van der Waals surface area contributed by atoms with Gasteiger partial charge in [-0.3, -0.25) is 9.63 Å². The van der Waals surface area contributed by atoms with Gasteiger partial charge in [0.05, 0.1) is 41.4 Å². The Bertz CT molecular complexity index is 1610. The Kier molecular flexibility index (Phi) is 11.3. The van der Waals surface area contributed by atoms with Gasteiger partial charge in [0.1, 0.15) is 0 Å². The molecule has 1 atom stereocenters. The van der Waals surface area contributed by atoms with E-state index in [9.17, 15) is 36.4 Å². The second-order valence-electron chi connectivity index (χ2n) is 9.51. The number of carbonyl (C=O) groups excluding carboxylic acids is 2. The summed E-state index contributed by atoms with van der Waals surface area (Å²) < 4.78 is 78.2. The minimum atomic E-state index is -4.71. The molecule has 3 rings (SSSR count). The first-order valence-corrected chi connectivity index (χ1v) is 14.9. The third-order valence-electron chi connectivity index (χ3n) is 5.96. The van der Waals surface area contributed by atoms with E-state index < -0.39 is 40.2 Å². The molecule has 14 nitrogen and oxygen atoms in total. The normalized spacial score (nSPS) is 12.7. The zero-order valence-corrected chi connectivity index (χ0v) is 25.5. The van der Waals surface area contributed by atoms with Crippen LogP contribution in [-0.2, 0) is 35.3 Å². The molecule has 0 bridgehead atoms. The summed E-state index contributed by atoms with van der Waals surface area (Å²) in [7, 11) is -3.05. The number of halogens is 3. The molecule has 1 aromatic heterocycles. The van der Waals surface area contributed by atoms with Crippen molar-refractivity contribution >= 4 is 22.1 Å². The molecule has 3 aromatic rings. The topological polar surface area (TPSA) is 167 Å². The Morgan fingerprint density at radius 3 is 2.40 bits per heavy atom. The van der Waals surface area contributed by atoms with Gasteiger partial charge in [0.2, 0.25) is 5.28 Å². The van der Waals surface area contributed by atoms with Crippen LogP contribution >= 0.6 is 0 Å². The van der Waals surface area contributed by atoms with Crippen LogP contribution in [-0.4, -0.2) is 66.7 Å². The Morgan fingerprint density at radius 1 is 1.16 bits per heavy atom. The molecule has 0 saturated carbocycles. The van der Waals surface area contributed by atoms with E-state index in [2.05, 4.69) is 10.4 Å². The molecule has 2 aromatic carbocycles. The Hall–Kier alpha value is -4.87. The number of nitrogens with one attached hydrogen (secondary N) is 1. The Balaban J connectivity index is 1.58. The monoisotopic (exact) mass is 656 g/mol. The van der Waals surface area contributed by atoms with Gasteiger partial charge in [-0.05, 0) is 37.3 Å². The molecule has 0 aliphatic carbocycles. The molecule has 0 radical (unpaired) electrons. The molecule has 0 aliphatic rings. The first-order valence-electron chi connectivity index (χ1n) is 13.4. The third-order valence-corrected chi connectivity index (χ3v) is 7.29. The van der Waals surface area contributed by atoms with Gasteiger partial charge in [0.15, 0.2) is 5.69 Å². The van der Waals surface area contributed by atoms with Crippen LogP contribution in [0.5, 0.6) is 0 Å². The molecule has 1 amide bonds. The van der Waals surface area contributed by atoms with Gasteiger partial charge in [-0.25, -0.2) is 22.6 Å². The molecule has 0 spiro atoms. The van der Waals surface area contributed by atoms with Crippen LogP contribution in [0.2, 0.25) is 0 Å². The van der Waals surface area contributed by atoms with Crippen molar-refractivity contribution in [3.63, 3.8) is 0 Å². The summed E-state index contributed by atoms with van der Waals surface area (Å²) in [6, 6.07) is 12.4. The molecule has 0 aliphatic heterocycles. The average Bonchev–Trinajstić information content (AvgIpc) is 3.44. The van der Waals surface area contributed by atoms with Crippen LogP contribution in [0.4, 0.5) is 18.0 Å². The highest BCUT2D eigenvalue weighted by molar-refractivity contribution is 7.90. The number of ether oxygens (including phenoxy) is 2. The van der Waals surface area contributed by atoms with Crippen molar-refractivity contribution in [2.45, 2.75) is 51.0 Å². The van der Waals surface area contributed by atoms with Gasteiger partial charge in [0.25, 0.3) is 16.3 Å². The standard InChI is InChI=1S/C27H31F3N6O8S/c1-5-25(37)43-19(3)44-33-36(39)34(4)15-6-16-42-26(38)32-45(40,41)22-13-11-21(12-14-22)35-23(17-24(31-35)27(28,29)30)20-9-7-18(2)8-10-20/h7-14,17,19H,5-6,15-16H2,1-4H3,(H,32,38). The summed E-state index contributed by atoms with van der Waals surface area (Å²) in [5.41, 5.74) is 0.529. The van der Waals surface area contributed by atoms with E-state index in [0.29, 0.717) is 5.56 Å². The fourth-order valence-corrected chi connectivity index (χ4v) is 4.50. The lowest BCUT2D eigenvalue weighted by atomic mass is 10.1. The number of alkyl halides is 3. The van der Waals surface area contributed by atoms with Gasteiger partial charge >= 0.3 is 18.2 Å². The second kappa shape index (κ2) is 14.7. The van der Waals surface area contributed by atoms with E-state index in [0.717, 1.165) is 33.5 Å². The summed E-state index contributed by atoms with van der Waals surface area (Å²) in [6.45, 7) is 4.54. The lowest BCUT2D eigenvalue weighted by Gasteiger charge is -2.14. The van der Waals surface area contributed by atoms with Crippen molar-refractivity contribution in [3.05, 3.63) is 71.1 Å². The molecule has 244 valence electrons. The SMILES string of the molecule is CCC(=O)OC(C)ON=[N+]([O-])N(C)CCCOC(=O)NS(=O)(=O)c1ccc(-n2nc(C(F)(F)F)cc2-c2ccc(C)cc2)cc1. The predicted octanol–water partition coefficient (Wildman–Crippen LogP) is 4.71. The first-order chi connectivity index (χ1) is 21.1. The maximum absolute atomic E-state index is 13.5. The lowest BCUT2D eigenvalue weighted by molar-refractivity contribution is -0.707. The number of sulfonamides is 1. The fraction of sp³-hybridized carbons (Fsp3) is 0.370. The van der Waals surface area contributed by atoms with Crippen LogP contribution in [0.1, 0.15) is 37.9 Å². The number of esters is 1. The number of nitrogens with zero attached hydrogens (tertiary/aromatic N) is 5. The number of hydrazine groups is 1. The molecular weight excluding hydrogens is 625 g/mol. The minimum absolute atomic E-state index is 0.0229. The number of aryl methyl sites for hydroxylation is 1. The number of benzene rings is 2. The Morgan fingerprint density at radius 2 is 1.80 bits per heavy atom. The predicted molar refractivity (Wildman–Crippen MR) is 151 cm³/mol. The molecule has 45 heavy (non-hydrogen) atoms. The van der Waals surface area contributed by atoms with E-state index in [1.54, 1.807) is 35.9 Å². The lowest BCUT2D eigenvalue weighted by Crippen LogP contribution is -2.32. The van der Waals surface area contributed by atoms with Crippen molar-refractivity contribution in [1.29, 1.82) is 0 Å². The fourth-order valence-electron chi connectivity index (χ4n) is 3.61. The van der Waals surface area contributed by atoms with Crippen molar-refractivity contribution in [2.75, 3.05) is 20.2 Å². The number of rotatable bonds is 13. The largest absolute Gasteiger partial charge is 0.569 e. The van der Waals surface area contributed by atoms with Gasteiger partial charge in [-0.15, -0.1) is 5.01 Å². The summed E-state index contributed by atoms with van der Waals surface area (Å²) in [5.74, 6) is -0.539. The first kappa shape index (κ1) is 34.6. The van der Waals surface area contributed by atoms with E-state index >= 15 is 0 Å². The number of aromatic nitrogens is 2.